The van der Waals surface area contributed by atoms with Crippen LogP contribution in [0.1, 0.15) is 32.9 Å². The topological polar surface area (TPSA) is 70.5 Å². The van der Waals surface area contributed by atoms with Gasteiger partial charge >= 0.3 is 6.03 Å². The lowest BCUT2D eigenvalue weighted by Gasteiger charge is -2.34. The number of carbonyl (C=O) groups is 2. The summed E-state index contributed by atoms with van der Waals surface area (Å²) >= 11 is 0. The monoisotopic (exact) mass is 449 g/mol. The summed E-state index contributed by atoms with van der Waals surface area (Å²) in [5.41, 5.74) is 4.44. The minimum absolute atomic E-state index is 0.164. The molecule has 0 saturated carbocycles. The molecule has 0 spiro atoms. The molecule has 0 radical (unpaired) electrons. The first-order valence-corrected chi connectivity index (χ1v) is 11.1. The van der Waals surface area contributed by atoms with Crippen LogP contribution < -0.4 is 5.32 Å². The number of aryl methyl sites for hydroxylation is 1. The van der Waals surface area contributed by atoms with Crippen molar-refractivity contribution in [3.63, 3.8) is 0 Å². The molecule has 3 amide bonds. The van der Waals surface area contributed by atoms with Gasteiger partial charge in [0.1, 0.15) is 5.82 Å². The van der Waals surface area contributed by atoms with E-state index in [1.165, 1.54) is 23.8 Å². The Kier molecular flexibility index (Phi) is 6.72. The van der Waals surface area contributed by atoms with Crippen molar-refractivity contribution in [3.05, 3.63) is 88.5 Å². The average molecular weight is 450 g/mol. The van der Waals surface area contributed by atoms with E-state index in [-0.39, 0.29) is 11.9 Å². The molecule has 8 heteroatoms. The Bertz CT molecular complexity index is 1140. The fourth-order valence-electron chi connectivity index (χ4n) is 4.09. The van der Waals surface area contributed by atoms with Gasteiger partial charge in [0.25, 0.3) is 5.91 Å². The molecule has 33 heavy (non-hydrogen) atoms. The second-order valence-electron chi connectivity index (χ2n) is 8.24. The Morgan fingerprint density at radius 2 is 1.67 bits per heavy atom. The van der Waals surface area contributed by atoms with Crippen LogP contribution in [0.25, 0.3) is 0 Å². The summed E-state index contributed by atoms with van der Waals surface area (Å²) < 4.78 is 15.4. The van der Waals surface area contributed by atoms with Crippen molar-refractivity contribution in [2.75, 3.05) is 26.2 Å². The zero-order valence-electron chi connectivity index (χ0n) is 18.9. The van der Waals surface area contributed by atoms with E-state index in [4.69, 9.17) is 0 Å². The van der Waals surface area contributed by atoms with Crippen LogP contribution in [0.2, 0.25) is 0 Å². The number of hydrogen-bond donors (Lipinski definition) is 1. The molecule has 1 aliphatic heterocycles. The van der Waals surface area contributed by atoms with Crippen molar-refractivity contribution in [2.45, 2.75) is 26.9 Å². The zero-order chi connectivity index (χ0) is 23.4. The minimum Gasteiger partial charge on any atom is -0.335 e. The number of piperazine rings is 1. The van der Waals surface area contributed by atoms with Crippen LogP contribution in [0.5, 0.6) is 0 Å². The number of aromatic nitrogens is 2. The Morgan fingerprint density at radius 1 is 0.970 bits per heavy atom. The number of rotatable bonds is 5. The van der Waals surface area contributed by atoms with Gasteiger partial charge in [-0.05, 0) is 37.6 Å². The third-order valence-electron chi connectivity index (χ3n) is 6.05. The summed E-state index contributed by atoms with van der Waals surface area (Å²) in [4.78, 5) is 28.7. The molecule has 172 valence electrons. The van der Waals surface area contributed by atoms with Crippen molar-refractivity contribution in [2.24, 2.45) is 0 Å². The minimum atomic E-state index is -0.434. The van der Waals surface area contributed by atoms with Crippen LogP contribution in [0.15, 0.2) is 54.6 Å². The molecular weight excluding hydrogens is 421 g/mol. The molecule has 4 rings (SSSR count). The molecule has 7 nitrogen and oxygen atoms in total. The average Bonchev–Trinajstić information content (AvgIpc) is 3.09. The third kappa shape index (κ3) is 5.22. The van der Waals surface area contributed by atoms with E-state index in [0.717, 1.165) is 17.0 Å². The van der Waals surface area contributed by atoms with Crippen LogP contribution >= 0.6 is 0 Å². The van der Waals surface area contributed by atoms with Crippen LogP contribution in [0.3, 0.4) is 0 Å². The highest BCUT2D eigenvalue weighted by Crippen LogP contribution is 2.15. The smallest absolute Gasteiger partial charge is 0.317 e. The number of carbonyl (C=O) groups excluding carboxylic acids is 2. The summed E-state index contributed by atoms with van der Waals surface area (Å²) in [6.45, 7) is 6.73. The largest absolute Gasteiger partial charge is 0.335 e. The van der Waals surface area contributed by atoms with E-state index in [2.05, 4.69) is 22.5 Å². The number of nitrogens with one attached hydrogen (secondary N) is 1. The molecule has 1 aromatic heterocycles. The van der Waals surface area contributed by atoms with Gasteiger partial charge in [-0.3, -0.25) is 9.48 Å². The molecule has 3 aromatic rings. The van der Waals surface area contributed by atoms with Crippen molar-refractivity contribution < 1.29 is 14.0 Å². The summed E-state index contributed by atoms with van der Waals surface area (Å²) in [6, 6.07) is 15.7. The number of halogens is 1. The van der Waals surface area contributed by atoms with Gasteiger partial charge in [-0.1, -0.05) is 36.4 Å². The molecular formula is C25H28FN5O2. The van der Waals surface area contributed by atoms with E-state index >= 15 is 0 Å². The number of nitrogens with zero attached hydrogens (tertiary/aromatic N) is 4. The van der Waals surface area contributed by atoms with E-state index in [1.54, 1.807) is 15.9 Å². The van der Waals surface area contributed by atoms with Gasteiger partial charge < -0.3 is 15.1 Å². The number of benzene rings is 2. The van der Waals surface area contributed by atoms with Crippen LogP contribution in [0, 0.1) is 19.7 Å². The van der Waals surface area contributed by atoms with Gasteiger partial charge in [-0.2, -0.15) is 5.10 Å². The third-order valence-corrected chi connectivity index (χ3v) is 6.05. The maximum absolute atomic E-state index is 13.4. The zero-order valence-corrected chi connectivity index (χ0v) is 18.9. The highest BCUT2D eigenvalue weighted by atomic mass is 19.1. The first-order valence-electron chi connectivity index (χ1n) is 11.1. The van der Waals surface area contributed by atoms with Crippen molar-refractivity contribution >= 4 is 11.9 Å². The van der Waals surface area contributed by atoms with Crippen molar-refractivity contribution in [1.29, 1.82) is 0 Å². The van der Waals surface area contributed by atoms with Crippen LogP contribution in [-0.4, -0.2) is 57.7 Å². The van der Waals surface area contributed by atoms with Gasteiger partial charge in [-0.15, -0.1) is 0 Å². The van der Waals surface area contributed by atoms with E-state index < -0.39 is 5.82 Å². The summed E-state index contributed by atoms with van der Waals surface area (Å²) in [6.07, 6.45) is 0. The van der Waals surface area contributed by atoms with Gasteiger partial charge in [-0.25, -0.2) is 9.18 Å². The maximum atomic E-state index is 13.4. The lowest BCUT2D eigenvalue weighted by molar-refractivity contribution is 0.0664. The Labute approximate surface area is 192 Å². The lowest BCUT2D eigenvalue weighted by Crippen LogP contribution is -2.53. The van der Waals surface area contributed by atoms with E-state index in [0.29, 0.717) is 44.8 Å². The van der Waals surface area contributed by atoms with Gasteiger partial charge in [0, 0.05) is 49.5 Å². The Balaban J connectivity index is 1.30. The highest BCUT2D eigenvalue weighted by molar-refractivity contribution is 5.94. The van der Waals surface area contributed by atoms with Gasteiger partial charge in [0.05, 0.1) is 12.2 Å². The van der Waals surface area contributed by atoms with Crippen molar-refractivity contribution in [3.8, 4) is 0 Å². The fraction of sp³-hybridized carbons (Fsp3) is 0.320. The molecule has 2 aromatic carbocycles. The molecule has 1 aliphatic rings. The standard InChI is InChI=1S/C25H28FN5O2/c1-18-23(19(2)31(28-18)17-20-7-4-3-5-8-20)16-27-25(33)30-13-11-29(12-14-30)24(32)21-9-6-10-22(26)15-21/h3-10,15H,11-14,16-17H2,1-2H3,(H,27,33). The number of hydrogen-bond acceptors (Lipinski definition) is 3. The summed E-state index contributed by atoms with van der Waals surface area (Å²) in [7, 11) is 0. The van der Waals surface area contributed by atoms with Crippen molar-refractivity contribution in [1.82, 2.24) is 24.9 Å². The van der Waals surface area contributed by atoms with E-state index in [9.17, 15) is 14.0 Å². The molecule has 1 fully saturated rings. The SMILES string of the molecule is Cc1nn(Cc2ccccc2)c(C)c1CNC(=O)N1CCN(C(=O)c2cccc(F)c2)CC1. The maximum Gasteiger partial charge on any atom is 0.317 e. The molecule has 0 unspecified atom stereocenters. The number of urea groups is 1. The van der Waals surface area contributed by atoms with E-state index in [1.807, 2.05) is 36.7 Å². The Morgan fingerprint density at radius 3 is 2.36 bits per heavy atom. The summed E-state index contributed by atoms with van der Waals surface area (Å²) in [5.74, 6) is -0.650. The van der Waals surface area contributed by atoms with Gasteiger partial charge in [0.2, 0.25) is 0 Å². The van der Waals surface area contributed by atoms with Crippen LogP contribution in [0.4, 0.5) is 9.18 Å². The quantitative estimate of drug-likeness (QED) is 0.649. The molecule has 0 atom stereocenters. The van der Waals surface area contributed by atoms with Crippen LogP contribution in [-0.2, 0) is 13.1 Å². The predicted octanol–water partition coefficient (Wildman–Crippen LogP) is 3.35. The second-order valence-corrected chi connectivity index (χ2v) is 8.24. The number of amides is 3. The second kappa shape index (κ2) is 9.85. The highest BCUT2D eigenvalue weighted by Gasteiger charge is 2.25. The molecule has 1 saturated heterocycles. The normalized spacial score (nSPS) is 13.8. The lowest BCUT2D eigenvalue weighted by atomic mass is 10.1. The Hall–Kier alpha value is -3.68. The first-order chi connectivity index (χ1) is 15.9. The van der Waals surface area contributed by atoms with Gasteiger partial charge in [0.15, 0.2) is 0 Å². The molecule has 0 bridgehead atoms. The molecule has 0 aliphatic carbocycles. The predicted molar refractivity (Wildman–Crippen MR) is 123 cm³/mol. The molecule has 2 heterocycles. The first kappa shape index (κ1) is 22.5. The summed E-state index contributed by atoms with van der Waals surface area (Å²) in [5, 5.41) is 7.63. The fourth-order valence-corrected chi connectivity index (χ4v) is 4.09. The molecule has 1 N–H and O–H groups in total.